The van der Waals surface area contributed by atoms with Crippen LogP contribution in [0, 0.1) is 11.2 Å². The van der Waals surface area contributed by atoms with Gasteiger partial charge in [-0.05, 0) is 59.9 Å². The molecule has 4 rings (SSSR count). The van der Waals surface area contributed by atoms with Crippen molar-refractivity contribution in [2.75, 3.05) is 6.54 Å². The lowest BCUT2D eigenvalue weighted by Crippen LogP contribution is -2.39. The van der Waals surface area contributed by atoms with Gasteiger partial charge < -0.3 is 10.2 Å². The van der Waals surface area contributed by atoms with Gasteiger partial charge in [0.15, 0.2) is 0 Å². The highest BCUT2D eigenvalue weighted by Gasteiger charge is 2.40. The summed E-state index contributed by atoms with van der Waals surface area (Å²) in [5.74, 6) is 0.178. The van der Waals surface area contributed by atoms with Gasteiger partial charge in [0, 0.05) is 24.0 Å². The van der Waals surface area contributed by atoms with Crippen LogP contribution >= 0.6 is 0 Å². The maximum Gasteiger partial charge on any atom is 0.234 e. The van der Waals surface area contributed by atoms with E-state index in [9.17, 15) is 9.18 Å². The van der Waals surface area contributed by atoms with Crippen LogP contribution in [0.15, 0.2) is 52.9 Å². The van der Waals surface area contributed by atoms with Gasteiger partial charge in [-0.2, -0.15) is 0 Å². The number of likely N-dealkylation sites (tertiary alicyclic amines) is 1. The Hall–Kier alpha value is -2.66. The Morgan fingerprint density at radius 3 is 2.67 bits per heavy atom. The van der Waals surface area contributed by atoms with E-state index in [0.29, 0.717) is 12.3 Å². The molecule has 0 bridgehead atoms. The number of carbonyl (C=O) groups excluding carboxylic acids is 1. The molecular formula is C22H23FN2O2. The summed E-state index contributed by atoms with van der Waals surface area (Å²) >= 11 is 0. The van der Waals surface area contributed by atoms with Crippen LogP contribution in [0.1, 0.15) is 25.8 Å². The number of amides is 1. The fourth-order valence-corrected chi connectivity index (χ4v) is 4.01. The summed E-state index contributed by atoms with van der Waals surface area (Å²) in [5, 5.41) is 0.987. The van der Waals surface area contributed by atoms with Crippen LogP contribution in [0.2, 0.25) is 0 Å². The van der Waals surface area contributed by atoms with E-state index in [4.69, 9.17) is 10.2 Å². The first-order valence-corrected chi connectivity index (χ1v) is 9.13. The lowest BCUT2D eigenvalue weighted by molar-refractivity contribution is -0.122. The van der Waals surface area contributed by atoms with Crippen molar-refractivity contribution in [1.29, 1.82) is 0 Å². The molecule has 0 unspecified atom stereocenters. The van der Waals surface area contributed by atoms with E-state index in [-0.39, 0.29) is 23.2 Å². The van der Waals surface area contributed by atoms with E-state index in [0.717, 1.165) is 35.1 Å². The second-order valence-corrected chi connectivity index (χ2v) is 8.18. The molecule has 2 aromatic carbocycles. The van der Waals surface area contributed by atoms with Crippen LogP contribution in [-0.2, 0) is 11.3 Å². The summed E-state index contributed by atoms with van der Waals surface area (Å²) in [6.45, 7) is 5.84. The molecule has 5 heteroatoms. The van der Waals surface area contributed by atoms with Gasteiger partial charge in [0.05, 0.1) is 6.04 Å². The number of benzene rings is 2. The Kier molecular flexibility index (Phi) is 4.27. The van der Waals surface area contributed by atoms with Gasteiger partial charge in [0.25, 0.3) is 0 Å². The molecule has 4 nitrogen and oxygen atoms in total. The van der Waals surface area contributed by atoms with Crippen molar-refractivity contribution in [2.45, 2.75) is 32.9 Å². The van der Waals surface area contributed by atoms with Gasteiger partial charge in [-0.3, -0.25) is 9.69 Å². The zero-order valence-electron chi connectivity index (χ0n) is 15.5. The Morgan fingerprint density at radius 2 is 1.96 bits per heavy atom. The second-order valence-electron chi connectivity index (χ2n) is 8.18. The smallest absolute Gasteiger partial charge is 0.234 e. The van der Waals surface area contributed by atoms with Crippen molar-refractivity contribution in [1.82, 2.24) is 4.90 Å². The minimum atomic E-state index is -0.269. The summed E-state index contributed by atoms with van der Waals surface area (Å²) in [5.41, 5.74) is 8.42. The molecule has 140 valence electrons. The highest BCUT2D eigenvalue weighted by Crippen LogP contribution is 2.35. The molecule has 2 heterocycles. The van der Waals surface area contributed by atoms with E-state index >= 15 is 0 Å². The molecule has 2 N–H and O–H groups in total. The molecule has 1 saturated heterocycles. The fourth-order valence-electron chi connectivity index (χ4n) is 4.01. The minimum Gasteiger partial charge on any atom is -0.456 e. The van der Waals surface area contributed by atoms with E-state index in [2.05, 4.69) is 24.8 Å². The van der Waals surface area contributed by atoms with Crippen LogP contribution in [0.25, 0.3) is 22.3 Å². The Morgan fingerprint density at radius 1 is 1.22 bits per heavy atom. The van der Waals surface area contributed by atoms with E-state index in [1.54, 1.807) is 12.1 Å². The molecule has 1 aliphatic rings. The predicted octanol–water partition coefficient (Wildman–Crippen LogP) is 4.32. The summed E-state index contributed by atoms with van der Waals surface area (Å²) in [7, 11) is 0. The van der Waals surface area contributed by atoms with Gasteiger partial charge in [0.2, 0.25) is 5.91 Å². The van der Waals surface area contributed by atoms with Crippen LogP contribution in [0.4, 0.5) is 4.39 Å². The maximum atomic E-state index is 13.1. The van der Waals surface area contributed by atoms with Crippen LogP contribution in [0.5, 0.6) is 0 Å². The molecule has 1 fully saturated rings. The fraction of sp³-hybridized carbons (Fsp3) is 0.318. The second kappa shape index (κ2) is 6.50. The third kappa shape index (κ3) is 3.60. The topological polar surface area (TPSA) is 59.5 Å². The zero-order valence-corrected chi connectivity index (χ0v) is 15.5. The SMILES string of the molecule is CC1(C)C[C@@H](C(N)=O)N(Cc2ccc3oc(-c4ccc(F)cc4)cc3c2)C1. The van der Waals surface area contributed by atoms with Crippen LogP contribution in [-0.4, -0.2) is 23.4 Å². The molecule has 1 aliphatic heterocycles. The predicted molar refractivity (Wildman–Crippen MR) is 103 cm³/mol. The van der Waals surface area contributed by atoms with Gasteiger partial charge >= 0.3 is 0 Å². The highest BCUT2D eigenvalue weighted by atomic mass is 19.1. The zero-order chi connectivity index (χ0) is 19.2. The molecule has 0 saturated carbocycles. The van der Waals surface area contributed by atoms with Crippen molar-refractivity contribution in [3.05, 3.63) is 59.9 Å². The molecule has 27 heavy (non-hydrogen) atoms. The molecule has 0 spiro atoms. The number of fused-ring (bicyclic) bond motifs is 1. The third-order valence-corrected chi connectivity index (χ3v) is 5.24. The average molecular weight is 366 g/mol. The Labute approximate surface area is 157 Å². The molecule has 1 aromatic heterocycles. The lowest BCUT2D eigenvalue weighted by Gasteiger charge is -2.22. The normalized spacial score (nSPS) is 19.6. The molecule has 1 amide bonds. The first-order valence-electron chi connectivity index (χ1n) is 9.13. The summed E-state index contributed by atoms with van der Waals surface area (Å²) < 4.78 is 19.0. The van der Waals surface area contributed by atoms with E-state index in [1.807, 2.05) is 18.2 Å². The average Bonchev–Trinajstić information content (AvgIpc) is 3.15. The van der Waals surface area contributed by atoms with E-state index < -0.39 is 0 Å². The number of halogens is 1. The van der Waals surface area contributed by atoms with Crippen molar-refractivity contribution in [2.24, 2.45) is 11.1 Å². The monoisotopic (exact) mass is 366 g/mol. The first kappa shape index (κ1) is 17.7. The lowest BCUT2D eigenvalue weighted by atomic mass is 9.90. The van der Waals surface area contributed by atoms with Crippen molar-refractivity contribution >= 4 is 16.9 Å². The van der Waals surface area contributed by atoms with Crippen molar-refractivity contribution in [3.8, 4) is 11.3 Å². The third-order valence-electron chi connectivity index (χ3n) is 5.24. The van der Waals surface area contributed by atoms with Crippen molar-refractivity contribution < 1.29 is 13.6 Å². The molecule has 0 aliphatic carbocycles. The number of furan rings is 1. The number of rotatable bonds is 4. The van der Waals surface area contributed by atoms with Gasteiger partial charge in [-0.15, -0.1) is 0 Å². The number of hydrogen-bond donors (Lipinski definition) is 1. The number of nitrogens with two attached hydrogens (primary N) is 1. The number of nitrogens with zero attached hydrogens (tertiary/aromatic N) is 1. The van der Waals surface area contributed by atoms with Gasteiger partial charge in [-0.25, -0.2) is 4.39 Å². The van der Waals surface area contributed by atoms with Crippen molar-refractivity contribution in [3.63, 3.8) is 0 Å². The van der Waals surface area contributed by atoms with Gasteiger partial charge in [0.1, 0.15) is 17.2 Å². The first-order chi connectivity index (χ1) is 12.8. The largest absolute Gasteiger partial charge is 0.456 e. The van der Waals surface area contributed by atoms with E-state index in [1.165, 1.54) is 12.1 Å². The molecule has 0 radical (unpaired) electrons. The molecule has 3 aromatic rings. The summed E-state index contributed by atoms with van der Waals surface area (Å²) in [6.07, 6.45) is 0.783. The molecule has 1 atom stereocenters. The molecular weight excluding hydrogens is 343 g/mol. The maximum absolute atomic E-state index is 13.1. The minimum absolute atomic E-state index is 0.0786. The highest BCUT2D eigenvalue weighted by molar-refractivity contribution is 5.83. The van der Waals surface area contributed by atoms with Crippen LogP contribution in [0.3, 0.4) is 0 Å². The standard InChI is InChI=1S/C22H23FN2O2/c1-22(2)11-18(21(24)26)25(13-22)12-14-3-8-19-16(9-14)10-20(27-19)15-4-6-17(23)7-5-15/h3-10,18H,11-13H2,1-2H3,(H2,24,26)/t18-/m0/s1. The van der Waals surface area contributed by atoms with Gasteiger partial charge in [-0.1, -0.05) is 19.9 Å². The van der Waals surface area contributed by atoms with Crippen LogP contribution < -0.4 is 5.73 Å². The Bertz CT molecular complexity index is 991. The Balaban J connectivity index is 1.60. The number of carbonyl (C=O) groups is 1. The summed E-state index contributed by atoms with van der Waals surface area (Å²) in [4.78, 5) is 14.0. The number of hydrogen-bond acceptors (Lipinski definition) is 3. The number of primary amides is 1. The summed E-state index contributed by atoms with van der Waals surface area (Å²) in [6, 6.07) is 14.0. The quantitative estimate of drug-likeness (QED) is 0.748.